The van der Waals surface area contributed by atoms with Crippen LogP contribution in [-0.4, -0.2) is 35.1 Å². The second-order valence-corrected chi connectivity index (χ2v) is 4.86. The van der Waals surface area contributed by atoms with Crippen molar-refractivity contribution in [3.8, 4) is 0 Å². The lowest BCUT2D eigenvalue weighted by Crippen LogP contribution is -2.35. The zero-order valence-corrected chi connectivity index (χ0v) is 11.4. The number of hydrogen-bond acceptors (Lipinski definition) is 4. The standard InChI is InChI=1S/C13H19N3O3/c1-8(2)6-16(7-10(17)18)13-11(12(14)19)9(3)4-5-15-13/h4-5,8H,6-7H2,1-3H3,(H2,14,19)(H,17,18). The number of rotatable bonds is 6. The Morgan fingerprint density at radius 2 is 2.11 bits per heavy atom. The highest BCUT2D eigenvalue weighted by Gasteiger charge is 2.21. The summed E-state index contributed by atoms with van der Waals surface area (Å²) in [6.45, 7) is 5.96. The first-order valence-corrected chi connectivity index (χ1v) is 6.05. The Hall–Kier alpha value is -2.11. The van der Waals surface area contributed by atoms with Gasteiger partial charge in [0.25, 0.3) is 5.91 Å². The highest BCUT2D eigenvalue weighted by atomic mass is 16.4. The van der Waals surface area contributed by atoms with Gasteiger partial charge in [0.05, 0.1) is 5.56 Å². The van der Waals surface area contributed by atoms with E-state index in [1.54, 1.807) is 24.1 Å². The molecule has 0 fully saturated rings. The van der Waals surface area contributed by atoms with Gasteiger partial charge in [-0.3, -0.25) is 9.59 Å². The van der Waals surface area contributed by atoms with Crippen LogP contribution in [0.3, 0.4) is 0 Å². The molecule has 0 aliphatic rings. The van der Waals surface area contributed by atoms with Crippen LogP contribution in [0.2, 0.25) is 0 Å². The largest absolute Gasteiger partial charge is 0.480 e. The molecule has 0 aliphatic heterocycles. The lowest BCUT2D eigenvalue weighted by Gasteiger charge is -2.25. The van der Waals surface area contributed by atoms with Crippen LogP contribution in [0.4, 0.5) is 5.82 Å². The zero-order valence-electron chi connectivity index (χ0n) is 11.4. The molecule has 1 heterocycles. The van der Waals surface area contributed by atoms with E-state index in [-0.39, 0.29) is 18.0 Å². The number of carbonyl (C=O) groups excluding carboxylic acids is 1. The molecule has 0 saturated carbocycles. The molecule has 0 bridgehead atoms. The molecule has 0 aliphatic carbocycles. The number of hydrogen-bond donors (Lipinski definition) is 2. The van der Waals surface area contributed by atoms with Crippen molar-refractivity contribution >= 4 is 17.7 Å². The number of aliphatic carboxylic acids is 1. The number of nitrogens with two attached hydrogens (primary N) is 1. The van der Waals surface area contributed by atoms with Crippen LogP contribution in [0.15, 0.2) is 12.3 Å². The molecule has 104 valence electrons. The van der Waals surface area contributed by atoms with Gasteiger partial charge < -0.3 is 15.7 Å². The fourth-order valence-electron chi connectivity index (χ4n) is 1.92. The molecule has 0 saturated heterocycles. The van der Waals surface area contributed by atoms with E-state index in [9.17, 15) is 9.59 Å². The first-order chi connectivity index (χ1) is 8.82. The molecule has 0 spiro atoms. The molecular weight excluding hydrogens is 246 g/mol. The second kappa shape index (κ2) is 6.17. The lowest BCUT2D eigenvalue weighted by molar-refractivity contribution is -0.135. The molecule has 6 nitrogen and oxygen atoms in total. The van der Waals surface area contributed by atoms with E-state index in [1.807, 2.05) is 13.8 Å². The molecule has 3 N–H and O–H groups in total. The quantitative estimate of drug-likeness (QED) is 0.801. The summed E-state index contributed by atoms with van der Waals surface area (Å²) in [7, 11) is 0. The average molecular weight is 265 g/mol. The molecule has 1 aromatic rings. The maximum absolute atomic E-state index is 11.5. The van der Waals surface area contributed by atoms with Crippen LogP contribution in [-0.2, 0) is 4.79 Å². The van der Waals surface area contributed by atoms with Crippen molar-refractivity contribution in [1.82, 2.24) is 4.98 Å². The van der Waals surface area contributed by atoms with Crippen molar-refractivity contribution in [1.29, 1.82) is 0 Å². The molecule has 1 amide bonds. The molecule has 0 atom stereocenters. The smallest absolute Gasteiger partial charge is 0.323 e. The van der Waals surface area contributed by atoms with Crippen LogP contribution in [0.25, 0.3) is 0 Å². The van der Waals surface area contributed by atoms with Gasteiger partial charge in [-0.25, -0.2) is 4.98 Å². The fourth-order valence-corrected chi connectivity index (χ4v) is 1.92. The topological polar surface area (TPSA) is 96.5 Å². The number of aryl methyl sites for hydroxylation is 1. The van der Waals surface area contributed by atoms with Gasteiger partial charge >= 0.3 is 5.97 Å². The van der Waals surface area contributed by atoms with Gasteiger partial charge in [0, 0.05) is 12.7 Å². The Kier molecular flexibility index (Phi) is 4.86. The molecule has 0 unspecified atom stereocenters. The number of carboxylic acids is 1. The van der Waals surface area contributed by atoms with E-state index in [4.69, 9.17) is 10.8 Å². The summed E-state index contributed by atoms with van der Waals surface area (Å²) in [5.41, 5.74) is 6.33. The highest BCUT2D eigenvalue weighted by Crippen LogP contribution is 2.21. The van der Waals surface area contributed by atoms with E-state index in [0.29, 0.717) is 17.9 Å². The van der Waals surface area contributed by atoms with Crippen molar-refractivity contribution in [2.24, 2.45) is 11.7 Å². The summed E-state index contributed by atoms with van der Waals surface area (Å²) in [4.78, 5) is 28.2. The third-order valence-corrected chi connectivity index (χ3v) is 2.60. The average Bonchev–Trinajstić information content (AvgIpc) is 2.25. The highest BCUT2D eigenvalue weighted by molar-refractivity contribution is 5.99. The minimum Gasteiger partial charge on any atom is -0.480 e. The van der Waals surface area contributed by atoms with Crippen molar-refractivity contribution < 1.29 is 14.7 Å². The van der Waals surface area contributed by atoms with E-state index in [0.717, 1.165) is 0 Å². The Labute approximate surface area is 112 Å². The Balaban J connectivity index is 3.24. The number of amides is 1. The van der Waals surface area contributed by atoms with Crippen LogP contribution in [0, 0.1) is 12.8 Å². The van der Waals surface area contributed by atoms with Gasteiger partial charge in [-0.15, -0.1) is 0 Å². The number of primary amides is 1. The number of pyridine rings is 1. The predicted octanol–water partition coefficient (Wildman–Crippen LogP) is 1.04. The summed E-state index contributed by atoms with van der Waals surface area (Å²) in [5.74, 6) is -0.995. The summed E-state index contributed by atoms with van der Waals surface area (Å²) in [6, 6.07) is 1.68. The summed E-state index contributed by atoms with van der Waals surface area (Å²) in [6.07, 6.45) is 1.55. The van der Waals surface area contributed by atoms with E-state index < -0.39 is 11.9 Å². The Morgan fingerprint density at radius 3 is 2.58 bits per heavy atom. The number of aromatic nitrogens is 1. The van der Waals surface area contributed by atoms with Crippen LogP contribution < -0.4 is 10.6 Å². The second-order valence-electron chi connectivity index (χ2n) is 4.86. The minimum absolute atomic E-state index is 0.213. The van der Waals surface area contributed by atoms with Gasteiger partial charge in [0.2, 0.25) is 0 Å². The number of carboxylic acid groups (broad SMARTS) is 1. The monoisotopic (exact) mass is 265 g/mol. The molecule has 1 rings (SSSR count). The third-order valence-electron chi connectivity index (χ3n) is 2.60. The van der Waals surface area contributed by atoms with E-state index in [1.165, 1.54) is 0 Å². The summed E-state index contributed by atoms with van der Waals surface area (Å²) >= 11 is 0. The SMILES string of the molecule is Cc1ccnc(N(CC(=O)O)CC(C)C)c1C(N)=O. The zero-order chi connectivity index (χ0) is 14.6. The van der Waals surface area contributed by atoms with Crippen LogP contribution >= 0.6 is 0 Å². The first kappa shape index (κ1) is 14.9. The van der Waals surface area contributed by atoms with Gasteiger partial charge in [0.15, 0.2) is 0 Å². The number of nitrogens with zero attached hydrogens (tertiary/aromatic N) is 2. The van der Waals surface area contributed by atoms with Crippen molar-refractivity contribution in [2.45, 2.75) is 20.8 Å². The molecule has 19 heavy (non-hydrogen) atoms. The van der Waals surface area contributed by atoms with Gasteiger partial charge in [-0.1, -0.05) is 13.8 Å². The van der Waals surface area contributed by atoms with Gasteiger partial charge in [-0.2, -0.15) is 0 Å². The summed E-state index contributed by atoms with van der Waals surface area (Å²) in [5, 5.41) is 8.97. The van der Waals surface area contributed by atoms with Crippen molar-refractivity contribution in [3.63, 3.8) is 0 Å². The molecular formula is C13H19N3O3. The predicted molar refractivity (Wildman–Crippen MR) is 72.2 cm³/mol. The normalized spacial score (nSPS) is 10.5. The molecule has 0 radical (unpaired) electrons. The minimum atomic E-state index is -0.973. The van der Waals surface area contributed by atoms with Crippen molar-refractivity contribution in [3.05, 3.63) is 23.4 Å². The van der Waals surface area contributed by atoms with Crippen LogP contribution in [0.5, 0.6) is 0 Å². The van der Waals surface area contributed by atoms with Gasteiger partial charge in [0.1, 0.15) is 12.4 Å². The molecule has 1 aromatic heterocycles. The van der Waals surface area contributed by atoms with Crippen LogP contribution in [0.1, 0.15) is 29.8 Å². The lowest BCUT2D eigenvalue weighted by atomic mass is 10.1. The number of carbonyl (C=O) groups is 2. The number of anilines is 1. The Bertz CT molecular complexity index is 486. The van der Waals surface area contributed by atoms with Gasteiger partial charge in [-0.05, 0) is 24.5 Å². The third kappa shape index (κ3) is 3.94. The fraction of sp³-hybridized carbons (Fsp3) is 0.462. The maximum atomic E-state index is 11.5. The van der Waals surface area contributed by atoms with E-state index >= 15 is 0 Å². The van der Waals surface area contributed by atoms with E-state index in [2.05, 4.69) is 4.98 Å². The summed E-state index contributed by atoms with van der Waals surface area (Å²) < 4.78 is 0. The molecule has 6 heteroatoms. The van der Waals surface area contributed by atoms with Crippen molar-refractivity contribution in [2.75, 3.05) is 18.0 Å². The molecule has 0 aromatic carbocycles. The first-order valence-electron chi connectivity index (χ1n) is 6.05. The Morgan fingerprint density at radius 1 is 1.47 bits per heavy atom. The maximum Gasteiger partial charge on any atom is 0.323 e.